The Bertz CT molecular complexity index is 393. The van der Waals surface area contributed by atoms with Crippen LogP contribution in [0.25, 0.3) is 0 Å². The van der Waals surface area contributed by atoms with E-state index in [-0.39, 0.29) is 0 Å². The van der Waals surface area contributed by atoms with Crippen molar-refractivity contribution in [1.82, 2.24) is 0 Å². The van der Waals surface area contributed by atoms with Crippen molar-refractivity contribution >= 4 is 0 Å². The molecule has 2 rings (SSSR count). The monoisotopic (exact) mass is 342 g/mol. The normalized spacial score (nSPS) is 51.7. The molecule has 0 bridgehead atoms. The number of aliphatic hydroxyl groups is 8. The molecule has 0 unspecified atom stereocenters. The van der Waals surface area contributed by atoms with Gasteiger partial charge in [-0.3, -0.25) is 0 Å². The third kappa shape index (κ3) is 3.50. The molecule has 2 aliphatic heterocycles. The fraction of sp³-hybridized carbons (Fsp3) is 1.00. The summed E-state index contributed by atoms with van der Waals surface area (Å²) >= 11 is 0. The fourth-order valence-corrected chi connectivity index (χ4v) is 2.53. The Balaban J connectivity index is 2.17. The molecule has 0 aromatic heterocycles. The summed E-state index contributed by atoms with van der Waals surface area (Å²) in [5, 5.41) is 77.2. The maximum atomic E-state index is 10.1. The standard InChI is InChI=1S/C12H22O11/c13-1-5-7(17)8(18)9(19)11(22-5)23-10-6(16)4(15)2-21-12(10,20)3-14/h4-11,13-20H,1-3H2/t4-,5+,6-,7+,8-,9+,10+,11+,12+/m0/s1. The Morgan fingerprint density at radius 1 is 0.957 bits per heavy atom. The first kappa shape index (κ1) is 18.9. The molecule has 0 amide bonds. The molecule has 0 saturated carbocycles. The van der Waals surface area contributed by atoms with Crippen molar-refractivity contribution in [2.24, 2.45) is 0 Å². The Labute approximate surface area is 130 Å². The van der Waals surface area contributed by atoms with E-state index in [0.29, 0.717) is 0 Å². The van der Waals surface area contributed by atoms with Gasteiger partial charge >= 0.3 is 0 Å². The summed E-state index contributed by atoms with van der Waals surface area (Å²) in [4.78, 5) is 0. The average molecular weight is 342 g/mol. The van der Waals surface area contributed by atoms with E-state index >= 15 is 0 Å². The van der Waals surface area contributed by atoms with Crippen LogP contribution in [-0.2, 0) is 14.2 Å². The predicted molar refractivity (Wildman–Crippen MR) is 68.6 cm³/mol. The molecule has 0 aromatic rings. The zero-order valence-electron chi connectivity index (χ0n) is 12.0. The SMILES string of the molecule is OC[C@H]1O[C@H](O[C@@H]2[C@@H](O)[C@@H](O)CO[C@]2(O)CO)[C@H](O)[C@@H](O)[C@@H]1O. The maximum absolute atomic E-state index is 10.1. The molecule has 0 spiro atoms. The highest BCUT2D eigenvalue weighted by molar-refractivity contribution is 4.95. The first-order valence-electron chi connectivity index (χ1n) is 7.04. The van der Waals surface area contributed by atoms with Crippen LogP contribution in [0.1, 0.15) is 0 Å². The minimum atomic E-state index is -2.38. The summed E-state index contributed by atoms with van der Waals surface area (Å²) in [6.07, 6.45) is -12.9. The van der Waals surface area contributed by atoms with Crippen molar-refractivity contribution < 1.29 is 55.1 Å². The molecule has 11 nitrogen and oxygen atoms in total. The van der Waals surface area contributed by atoms with E-state index in [1.807, 2.05) is 0 Å². The quantitative estimate of drug-likeness (QED) is 0.243. The average Bonchev–Trinajstić information content (AvgIpc) is 2.55. The molecule has 2 heterocycles. The second-order valence-electron chi connectivity index (χ2n) is 5.63. The highest BCUT2D eigenvalue weighted by Gasteiger charge is 2.53. The van der Waals surface area contributed by atoms with E-state index in [1.54, 1.807) is 0 Å². The van der Waals surface area contributed by atoms with Gasteiger partial charge in [0.05, 0.1) is 19.8 Å². The van der Waals surface area contributed by atoms with Crippen LogP contribution in [0.3, 0.4) is 0 Å². The van der Waals surface area contributed by atoms with Crippen molar-refractivity contribution in [1.29, 1.82) is 0 Å². The fourth-order valence-electron chi connectivity index (χ4n) is 2.53. The lowest BCUT2D eigenvalue weighted by Gasteiger charge is -2.47. The number of aliphatic hydroxyl groups excluding tert-OH is 7. The summed E-state index contributed by atoms with van der Waals surface area (Å²) in [6, 6.07) is 0. The molecule has 2 fully saturated rings. The minimum absolute atomic E-state index is 0.466. The Morgan fingerprint density at radius 3 is 2.17 bits per heavy atom. The van der Waals surface area contributed by atoms with Crippen LogP contribution < -0.4 is 0 Å². The van der Waals surface area contributed by atoms with Crippen molar-refractivity contribution in [3.05, 3.63) is 0 Å². The predicted octanol–water partition coefficient (Wildman–Crippen LogP) is -5.40. The Morgan fingerprint density at radius 2 is 1.61 bits per heavy atom. The second-order valence-corrected chi connectivity index (χ2v) is 5.63. The number of ether oxygens (including phenoxy) is 3. The van der Waals surface area contributed by atoms with Crippen LogP contribution in [0, 0.1) is 0 Å². The van der Waals surface area contributed by atoms with Gasteiger partial charge in [0.1, 0.15) is 42.7 Å². The van der Waals surface area contributed by atoms with Gasteiger partial charge in [0.15, 0.2) is 6.29 Å². The van der Waals surface area contributed by atoms with Crippen LogP contribution in [0.5, 0.6) is 0 Å². The molecule has 2 saturated heterocycles. The molecule has 0 aromatic carbocycles. The van der Waals surface area contributed by atoms with Gasteiger partial charge in [-0.15, -0.1) is 0 Å². The first-order valence-corrected chi connectivity index (χ1v) is 7.04. The highest BCUT2D eigenvalue weighted by Crippen LogP contribution is 2.30. The maximum Gasteiger partial charge on any atom is 0.219 e. The number of rotatable bonds is 4. The van der Waals surface area contributed by atoms with Crippen molar-refractivity contribution in [2.45, 2.75) is 54.8 Å². The van der Waals surface area contributed by atoms with Crippen LogP contribution in [0.2, 0.25) is 0 Å². The van der Waals surface area contributed by atoms with E-state index in [9.17, 15) is 35.7 Å². The van der Waals surface area contributed by atoms with Gasteiger partial charge in [-0.25, -0.2) is 0 Å². The molecular formula is C12H22O11. The van der Waals surface area contributed by atoms with E-state index in [1.165, 1.54) is 0 Å². The molecule has 23 heavy (non-hydrogen) atoms. The summed E-state index contributed by atoms with van der Waals surface area (Å²) in [5.41, 5.74) is 0. The molecule has 8 N–H and O–H groups in total. The van der Waals surface area contributed by atoms with Crippen molar-refractivity contribution in [2.75, 3.05) is 19.8 Å². The Kier molecular flexibility index (Phi) is 5.92. The van der Waals surface area contributed by atoms with Gasteiger partial charge < -0.3 is 55.1 Å². The third-order valence-corrected chi connectivity index (χ3v) is 4.01. The Hall–Kier alpha value is -0.440. The van der Waals surface area contributed by atoms with Crippen molar-refractivity contribution in [3.63, 3.8) is 0 Å². The van der Waals surface area contributed by atoms with Gasteiger partial charge in [-0.05, 0) is 0 Å². The van der Waals surface area contributed by atoms with Crippen LogP contribution >= 0.6 is 0 Å². The van der Waals surface area contributed by atoms with Crippen LogP contribution in [-0.4, -0.2) is 115 Å². The minimum Gasteiger partial charge on any atom is -0.394 e. The number of hydrogen-bond acceptors (Lipinski definition) is 11. The van der Waals surface area contributed by atoms with Gasteiger partial charge in [-0.2, -0.15) is 0 Å². The van der Waals surface area contributed by atoms with Gasteiger partial charge in [0.2, 0.25) is 5.79 Å². The number of hydrogen-bond donors (Lipinski definition) is 8. The molecule has 136 valence electrons. The zero-order chi connectivity index (χ0) is 17.4. The molecule has 9 atom stereocenters. The van der Waals surface area contributed by atoms with Gasteiger partial charge in [-0.1, -0.05) is 0 Å². The van der Waals surface area contributed by atoms with Crippen LogP contribution in [0.4, 0.5) is 0 Å². The first-order chi connectivity index (χ1) is 10.7. The van der Waals surface area contributed by atoms with Crippen molar-refractivity contribution in [3.8, 4) is 0 Å². The zero-order valence-corrected chi connectivity index (χ0v) is 12.0. The summed E-state index contributed by atoms with van der Waals surface area (Å²) in [6.45, 7) is -2.15. The highest BCUT2D eigenvalue weighted by atomic mass is 16.7. The molecule has 0 aliphatic carbocycles. The molecule has 2 aliphatic rings. The lowest BCUT2D eigenvalue weighted by Crippen LogP contribution is -2.67. The second kappa shape index (κ2) is 7.21. The summed E-state index contributed by atoms with van der Waals surface area (Å²) in [7, 11) is 0. The van der Waals surface area contributed by atoms with Gasteiger partial charge in [0, 0.05) is 0 Å². The van der Waals surface area contributed by atoms with E-state index in [4.69, 9.17) is 19.3 Å². The lowest BCUT2D eigenvalue weighted by molar-refractivity contribution is -0.387. The van der Waals surface area contributed by atoms with E-state index < -0.39 is 74.6 Å². The third-order valence-electron chi connectivity index (χ3n) is 4.01. The summed E-state index contributed by atoms with van der Waals surface area (Å²) in [5.74, 6) is -2.38. The lowest BCUT2D eigenvalue weighted by atomic mass is 9.96. The summed E-state index contributed by atoms with van der Waals surface area (Å²) < 4.78 is 15.1. The van der Waals surface area contributed by atoms with E-state index in [2.05, 4.69) is 0 Å². The molecule has 11 heteroatoms. The molecule has 0 radical (unpaired) electrons. The van der Waals surface area contributed by atoms with E-state index in [0.717, 1.165) is 0 Å². The van der Waals surface area contributed by atoms with Crippen LogP contribution in [0.15, 0.2) is 0 Å². The van der Waals surface area contributed by atoms with Gasteiger partial charge in [0.25, 0.3) is 0 Å². The smallest absolute Gasteiger partial charge is 0.219 e. The molecular weight excluding hydrogens is 320 g/mol. The largest absolute Gasteiger partial charge is 0.394 e. The topological polar surface area (TPSA) is 190 Å².